The largest absolute Gasteiger partial charge is 0.455 e. The molecule has 1 aliphatic heterocycles. The normalized spacial score (nSPS) is 13.9. The van der Waals surface area contributed by atoms with Crippen LogP contribution in [-0.4, -0.2) is 46.4 Å². The van der Waals surface area contributed by atoms with Crippen LogP contribution >= 0.6 is 0 Å². The molecule has 39 heavy (non-hydrogen) atoms. The maximum absolute atomic E-state index is 13.9. The minimum Gasteiger partial charge on any atom is -0.455 e. The van der Waals surface area contributed by atoms with E-state index < -0.39 is 27.6 Å². The number of nitrogens with one attached hydrogen (secondary N) is 4. The number of hydrogen-bond acceptors (Lipinski definition) is 6. The number of ether oxygens (including phenoxy) is 1. The third kappa shape index (κ3) is 7.98. The van der Waals surface area contributed by atoms with Crippen molar-refractivity contribution in [2.75, 3.05) is 30.9 Å². The quantitative estimate of drug-likeness (QED) is 0.302. The van der Waals surface area contributed by atoms with Crippen LogP contribution in [0.1, 0.15) is 23.2 Å². The van der Waals surface area contributed by atoms with Crippen molar-refractivity contribution in [3.63, 3.8) is 0 Å². The van der Waals surface area contributed by atoms with Gasteiger partial charge in [0.05, 0.1) is 17.1 Å². The van der Waals surface area contributed by atoms with Gasteiger partial charge in [0.25, 0.3) is 15.9 Å². The van der Waals surface area contributed by atoms with Crippen LogP contribution in [0.2, 0.25) is 0 Å². The molecule has 0 radical (unpaired) electrons. The fourth-order valence-corrected chi connectivity index (χ4v) is 5.02. The lowest BCUT2D eigenvalue weighted by molar-refractivity contribution is -0.120. The predicted molar refractivity (Wildman–Crippen MR) is 141 cm³/mol. The van der Waals surface area contributed by atoms with E-state index in [1.54, 1.807) is 0 Å². The van der Waals surface area contributed by atoms with Gasteiger partial charge in [-0.1, -0.05) is 0 Å². The summed E-state index contributed by atoms with van der Waals surface area (Å²) >= 11 is 0. The Kier molecular flexibility index (Phi) is 9.10. The number of anilines is 1. The standard InChI is InChI=1S/C27H28F2N4O5S/c28-20-3-6-22(7-4-20)38-25-10-5-21(29)15-24(25)33-39(36,37)23-8-1-19(2-9-23)27(35)32-17-26(34)31-16-18-11-13-30-14-12-18/h1-10,15,18,30,33H,11-14,16-17H2,(H,31,34)(H,32,35). The molecule has 0 saturated carbocycles. The molecule has 9 nitrogen and oxygen atoms in total. The lowest BCUT2D eigenvalue weighted by Crippen LogP contribution is -2.40. The number of carbonyl (C=O) groups is 2. The monoisotopic (exact) mass is 558 g/mol. The molecule has 1 saturated heterocycles. The number of carbonyl (C=O) groups excluding carboxylic acids is 2. The maximum Gasteiger partial charge on any atom is 0.262 e. The van der Waals surface area contributed by atoms with Crippen LogP contribution in [0, 0.1) is 17.6 Å². The molecule has 4 N–H and O–H groups in total. The summed E-state index contributed by atoms with van der Waals surface area (Å²) in [4.78, 5) is 24.3. The van der Waals surface area contributed by atoms with Crippen molar-refractivity contribution in [2.24, 2.45) is 5.92 Å². The SMILES string of the molecule is O=C(CNC(=O)c1ccc(S(=O)(=O)Nc2cc(F)ccc2Oc2ccc(F)cc2)cc1)NCC1CCNCC1. The average molecular weight is 559 g/mol. The zero-order valence-corrected chi connectivity index (χ0v) is 21.7. The summed E-state index contributed by atoms with van der Waals surface area (Å²) in [6.07, 6.45) is 1.97. The zero-order chi connectivity index (χ0) is 27.8. The van der Waals surface area contributed by atoms with E-state index in [4.69, 9.17) is 4.74 Å². The first-order valence-electron chi connectivity index (χ1n) is 12.3. The van der Waals surface area contributed by atoms with Crippen LogP contribution in [0.4, 0.5) is 14.5 Å². The second kappa shape index (κ2) is 12.7. The van der Waals surface area contributed by atoms with Gasteiger partial charge >= 0.3 is 0 Å². The van der Waals surface area contributed by atoms with Crippen molar-refractivity contribution in [2.45, 2.75) is 17.7 Å². The van der Waals surface area contributed by atoms with Gasteiger partial charge in [0, 0.05) is 18.2 Å². The van der Waals surface area contributed by atoms with Gasteiger partial charge in [-0.25, -0.2) is 17.2 Å². The lowest BCUT2D eigenvalue weighted by atomic mass is 9.98. The molecule has 0 bridgehead atoms. The van der Waals surface area contributed by atoms with Crippen LogP contribution in [0.25, 0.3) is 0 Å². The maximum atomic E-state index is 13.9. The van der Waals surface area contributed by atoms with Crippen molar-refractivity contribution in [3.05, 3.63) is 83.9 Å². The van der Waals surface area contributed by atoms with Gasteiger partial charge in [0.1, 0.15) is 17.4 Å². The van der Waals surface area contributed by atoms with Gasteiger partial charge in [-0.15, -0.1) is 0 Å². The Morgan fingerprint density at radius 2 is 1.56 bits per heavy atom. The van der Waals surface area contributed by atoms with Crippen LogP contribution < -0.4 is 25.4 Å². The highest BCUT2D eigenvalue weighted by Gasteiger charge is 2.19. The molecule has 0 atom stereocenters. The first kappa shape index (κ1) is 28.0. The molecule has 12 heteroatoms. The molecule has 0 spiro atoms. The molecular formula is C27H28F2N4O5S. The second-order valence-electron chi connectivity index (χ2n) is 9.01. The van der Waals surface area contributed by atoms with Crippen molar-refractivity contribution in [1.82, 2.24) is 16.0 Å². The Morgan fingerprint density at radius 1 is 0.897 bits per heavy atom. The Bertz CT molecular complexity index is 1410. The van der Waals surface area contributed by atoms with E-state index in [0.29, 0.717) is 12.5 Å². The Morgan fingerprint density at radius 3 is 2.26 bits per heavy atom. The molecule has 2 amide bonds. The van der Waals surface area contributed by atoms with E-state index in [0.717, 1.165) is 38.1 Å². The predicted octanol–water partition coefficient (Wildman–Crippen LogP) is 3.40. The zero-order valence-electron chi connectivity index (χ0n) is 20.9. The summed E-state index contributed by atoms with van der Waals surface area (Å²) in [5, 5.41) is 8.59. The Hall–Kier alpha value is -4.03. The summed E-state index contributed by atoms with van der Waals surface area (Å²) in [5.74, 6) is -1.39. The summed E-state index contributed by atoms with van der Waals surface area (Å²) in [6.45, 7) is 2.19. The van der Waals surface area contributed by atoms with E-state index in [-0.39, 0.29) is 40.1 Å². The van der Waals surface area contributed by atoms with Crippen molar-refractivity contribution < 1.29 is 31.5 Å². The van der Waals surface area contributed by atoms with Crippen LogP contribution in [0.3, 0.4) is 0 Å². The van der Waals surface area contributed by atoms with E-state index in [9.17, 15) is 26.8 Å². The molecular weight excluding hydrogens is 530 g/mol. The molecule has 1 aliphatic rings. The molecule has 1 fully saturated rings. The van der Waals surface area contributed by atoms with Gasteiger partial charge < -0.3 is 20.7 Å². The molecule has 3 aromatic carbocycles. The number of rotatable bonds is 10. The summed E-state index contributed by atoms with van der Waals surface area (Å²) in [5.41, 5.74) is -0.0113. The minimum absolute atomic E-state index is 0.000936. The number of amides is 2. The van der Waals surface area contributed by atoms with Crippen molar-refractivity contribution in [3.8, 4) is 11.5 Å². The fraction of sp³-hybridized carbons (Fsp3) is 0.259. The Labute approximate surface area is 225 Å². The lowest BCUT2D eigenvalue weighted by Gasteiger charge is -2.22. The highest BCUT2D eigenvalue weighted by Crippen LogP contribution is 2.32. The van der Waals surface area contributed by atoms with Gasteiger partial charge in [0.2, 0.25) is 5.91 Å². The van der Waals surface area contributed by atoms with E-state index in [2.05, 4.69) is 20.7 Å². The van der Waals surface area contributed by atoms with E-state index >= 15 is 0 Å². The molecule has 0 aromatic heterocycles. The minimum atomic E-state index is -4.19. The van der Waals surface area contributed by atoms with E-state index in [1.807, 2.05) is 0 Å². The summed E-state index contributed by atoms with van der Waals surface area (Å²) < 4.78 is 60.9. The summed E-state index contributed by atoms with van der Waals surface area (Å²) in [6, 6.07) is 13.4. The van der Waals surface area contributed by atoms with Gasteiger partial charge in [-0.2, -0.15) is 0 Å². The van der Waals surface area contributed by atoms with E-state index in [1.165, 1.54) is 54.6 Å². The number of hydrogen-bond donors (Lipinski definition) is 4. The van der Waals surface area contributed by atoms with Gasteiger partial charge in [0.15, 0.2) is 5.75 Å². The smallest absolute Gasteiger partial charge is 0.262 e. The summed E-state index contributed by atoms with van der Waals surface area (Å²) in [7, 11) is -4.19. The molecule has 1 heterocycles. The molecule has 0 aliphatic carbocycles. The third-order valence-corrected chi connectivity index (χ3v) is 7.49. The third-order valence-electron chi connectivity index (χ3n) is 6.11. The number of halogens is 2. The first-order valence-corrected chi connectivity index (χ1v) is 13.8. The van der Waals surface area contributed by atoms with Crippen molar-refractivity contribution in [1.29, 1.82) is 0 Å². The number of piperidine rings is 1. The molecule has 4 rings (SSSR count). The topological polar surface area (TPSA) is 126 Å². The second-order valence-corrected chi connectivity index (χ2v) is 10.7. The average Bonchev–Trinajstić information content (AvgIpc) is 2.93. The van der Waals surface area contributed by atoms with Crippen LogP contribution in [0.5, 0.6) is 11.5 Å². The number of benzene rings is 3. The van der Waals surface area contributed by atoms with Crippen LogP contribution in [0.15, 0.2) is 71.6 Å². The molecule has 3 aromatic rings. The molecule has 0 unspecified atom stereocenters. The van der Waals surface area contributed by atoms with Crippen LogP contribution in [-0.2, 0) is 14.8 Å². The van der Waals surface area contributed by atoms with Gasteiger partial charge in [-0.05, 0) is 92.5 Å². The Balaban J connectivity index is 1.36. The highest BCUT2D eigenvalue weighted by atomic mass is 32.2. The molecule has 206 valence electrons. The number of sulfonamides is 1. The fourth-order valence-electron chi connectivity index (χ4n) is 3.96. The first-order chi connectivity index (χ1) is 18.7. The van der Waals surface area contributed by atoms with Gasteiger partial charge in [-0.3, -0.25) is 14.3 Å². The van der Waals surface area contributed by atoms with Crippen molar-refractivity contribution >= 4 is 27.5 Å². The highest BCUT2D eigenvalue weighted by molar-refractivity contribution is 7.92.